The van der Waals surface area contributed by atoms with Gasteiger partial charge in [0.2, 0.25) is 0 Å². The molecule has 4 nitrogen and oxygen atoms in total. The maximum absolute atomic E-state index is 12.3. The lowest BCUT2D eigenvalue weighted by Gasteiger charge is -2.24. The Bertz CT molecular complexity index is 683. The molecule has 1 aromatic carbocycles. The Morgan fingerprint density at radius 2 is 2.10 bits per heavy atom. The van der Waals surface area contributed by atoms with Crippen LogP contribution in [0, 0.1) is 0 Å². The summed E-state index contributed by atoms with van der Waals surface area (Å²) in [6, 6.07) is 9.61. The van der Waals surface area contributed by atoms with E-state index in [1.54, 1.807) is 36.4 Å². The fraction of sp³-hybridized carbons (Fsp3) is 0.143. The predicted octanol–water partition coefficient (Wildman–Crippen LogP) is 2.78. The molecule has 102 valence electrons. The minimum atomic E-state index is -0.668. The maximum Gasteiger partial charge on any atom is 0.262 e. The first-order valence-electron chi connectivity index (χ1n) is 5.97. The zero-order chi connectivity index (χ0) is 14.1. The van der Waals surface area contributed by atoms with Crippen LogP contribution in [0.15, 0.2) is 36.4 Å². The van der Waals surface area contributed by atoms with E-state index < -0.39 is 6.04 Å². The molecule has 1 aliphatic heterocycles. The van der Waals surface area contributed by atoms with E-state index in [1.165, 1.54) is 11.3 Å². The molecule has 1 unspecified atom stereocenters. The van der Waals surface area contributed by atoms with Gasteiger partial charge in [0.05, 0.1) is 14.8 Å². The smallest absolute Gasteiger partial charge is 0.262 e. The van der Waals surface area contributed by atoms with Gasteiger partial charge in [-0.2, -0.15) is 0 Å². The molecule has 0 bridgehead atoms. The van der Waals surface area contributed by atoms with Gasteiger partial charge >= 0.3 is 0 Å². The van der Waals surface area contributed by atoms with E-state index in [4.69, 9.17) is 16.3 Å². The molecule has 2 aromatic rings. The second-order valence-corrected chi connectivity index (χ2v) is 6.02. The van der Waals surface area contributed by atoms with Crippen LogP contribution >= 0.6 is 22.9 Å². The summed E-state index contributed by atoms with van der Waals surface area (Å²) in [5.41, 5.74) is 0.494. The SMILES string of the molecule is O=C(NC1COc2ccccc2C1=O)c1ccc(Cl)s1. The molecule has 0 spiro atoms. The first-order chi connectivity index (χ1) is 9.65. The second-order valence-electron chi connectivity index (χ2n) is 4.30. The van der Waals surface area contributed by atoms with Crippen LogP contribution in [0.4, 0.5) is 0 Å². The van der Waals surface area contributed by atoms with Gasteiger partial charge in [0.1, 0.15) is 18.4 Å². The van der Waals surface area contributed by atoms with E-state index in [-0.39, 0.29) is 18.3 Å². The number of amides is 1. The summed E-state index contributed by atoms with van der Waals surface area (Å²) in [6.07, 6.45) is 0. The molecule has 0 aliphatic carbocycles. The van der Waals surface area contributed by atoms with Crippen LogP contribution in [0.5, 0.6) is 5.75 Å². The molecule has 1 aliphatic rings. The van der Waals surface area contributed by atoms with Crippen molar-refractivity contribution in [3.8, 4) is 5.75 Å². The average molecular weight is 308 g/mol. The number of para-hydroxylation sites is 1. The van der Waals surface area contributed by atoms with Gasteiger partial charge in [0, 0.05) is 0 Å². The quantitative estimate of drug-likeness (QED) is 0.928. The molecule has 1 N–H and O–H groups in total. The molecule has 1 amide bonds. The molecule has 0 saturated carbocycles. The highest BCUT2D eigenvalue weighted by molar-refractivity contribution is 7.18. The number of thiophene rings is 1. The fourth-order valence-electron chi connectivity index (χ4n) is 2.01. The highest BCUT2D eigenvalue weighted by atomic mass is 35.5. The van der Waals surface area contributed by atoms with Crippen LogP contribution in [0.25, 0.3) is 0 Å². The number of halogens is 1. The molecular formula is C14H10ClNO3S. The third-order valence-corrected chi connectivity index (χ3v) is 4.21. The van der Waals surface area contributed by atoms with Gasteiger partial charge in [0.25, 0.3) is 5.91 Å². The number of ether oxygens (including phenoxy) is 1. The average Bonchev–Trinajstić information content (AvgIpc) is 2.89. The molecule has 3 rings (SSSR count). The van der Waals surface area contributed by atoms with E-state index in [9.17, 15) is 9.59 Å². The first-order valence-corrected chi connectivity index (χ1v) is 7.17. The van der Waals surface area contributed by atoms with Crippen LogP contribution in [-0.2, 0) is 0 Å². The highest BCUT2D eigenvalue weighted by Crippen LogP contribution is 2.25. The molecule has 1 aromatic heterocycles. The number of carbonyl (C=O) groups excluding carboxylic acids is 2. The summed E-state index contributed by atoms with van der Waals surface area (Å²) >= 11 is 6.96. The van der Waals surface area contributed by atoms with Crippen molar-refractivity contribution >= 4 is 34.6 Å². The zero-order valence-corrected chi connectivity index (χ0v) is 11.8. The Labute approximate surface area is 124 Å². The lowest BCUT2D eigenvalue weighted by atomic mass is 10.0. The summed E-state index contributed by atoms with van der Waals surface area (Å²) in [5, 5.41) is 2.68. The number of carbonyl (C=O) groups is 2. The van der Waals surface area contributed by atoms with Crippen LogP contribution in [-0.4, -0.2) is 24.3 Å². The number of benzene rings is 1. The molecule has 0 fully saturated rings. The Kier molecular flexibility index (Phi) is 3.46. The van der Waals surface area contributed by atoms with Crippen molar-refractivity contribution < 1.29 is 14.3 Å². The van der Waals surface area contributed by atoms with Crippen molar-refractivity contribution in [3.63, 3.8) is 0 Å². The van der Waals surface area contributed by atoms with Crippen LogP contribution < -0.4 is 10.1 Å². The summed E-state index contributed by atoms with van der Waals surface area (Å²) in [7, 11) is 0. The Hall–Kier alpha value is -1.85. The maximum atomic E-state index is 12.3. The van der Waals surface area contributed by atoms with Crippen molar-refractivity contribution in [2.24, 2.45) is 0 Å². The summed E-state index contributed by atoms with van der Waals surface area (Å²) < 4.78 is 6.02. The minimum absolute atomic E-state index is 0.136. The molecule has 6 heteroatoms. The summed E-state index contributed by atoms with van der Waals surface area (Å²) in [5.74, 6) is 0.105. The largest absolute Gasteiger partial charge is 0.490 e. The first kappa shape index (κ1) is 13.1. The number of hydrogen-bond donors (Lipinski definition) is 1. The molecule has 0 radical (unpaired) electrons. The van der Waals surface area contributed by atoms with E-state index in [0.29, 0.717) is 20.5 Å². The van der Waals surface area contributed by atoms with E-state index >= 15 is 0 Å². The monoisotopic (exact) mass is 307 g/mol. The van der Waals surface area contributed by atoms with E-state index in [0.717, 1.165) is 0 Å². The van der Waals surface area contributed by atoms with Crippen LogP contribution in [0.2, 0.25) is 4.34 Å². The third kappa shape index (κ3) is 2.42. The minimum Gasteiger partial charge on any atom is -0.490 e. The third-order valence-electron chi connectivity index (χ3n) is 2.98. The second kappa shape index (κ2) is 5.26. The van der Waals surface area contributed by atoms with Crippen molar-refractivity contribution in [2.45, 2.75) is 6.04 Å². The van der Waals surface area contributed by atoms with Gasteiger partial charge in [-0.15, -0.1) is 11.3 Å². The molecule has 20 heavy (non-hydrogen) atoms. The number of Topliss-reactive ketones (excluding diaryl/α,β-unsaturated/α-hetero) is 1. The summed E-state index contributed by atoms with van der Waals surface area (Å²) in [4.78, 5) is 24.8. The van der Waals surface area contributed by atoms with Gasteiger partial charge in [-0.3, -0.25) is 9.59 Å². The summed E-state index contributed by atoms with van der Waals surface area (Å²) in [6.45, 7) is 0.140. The lowest BCUT2D eigenvalue weighted by molar-refractivity contribution is 0.0797. The molecule has 1 atom stereocenters. The van der Waals surface area contributed by atoms with Crippen molar-refractivity contribution in [2.75, 3.05) is 6.61 Å². The molecule has 0 saturated heterocycles. The number of nitrogens with one attached hydrogen (secondary N) is 1. The highest BCUT2D eigenvalue weighted by Gasteiger charge is 2.30. The van der Waals surface area contributed by atoms with E-state index in [1.807, 2.05) is 0 Å². The lowest BCUT2D eigenvalue weighted by Crippen LogP contribution is -2.47. The van der Waals surface area contributed by atoms with Crippen molar-refractivity contribution in [1.82, 2.24) is 5.32 Å². The zero-order valence-electron chi connectivity index (χ0n) is 10.3. The number of ketones is 1. The van der Waals surface area contributed by atoms with Crippen molar-refractivity contribution in [1.29, 1.82) is 0 Å². The topological polar surface area (TPSA) is 55.4 Å². The van der Waals surface area contributed by atoms with Gasteiger partial charge in [-0.1, -0.05) is 23.7 Å². The normalized spacial score (nSPS) is 17.2. The van der Waals surface area contributed by atoms with Gasteiger partial charge < -0.3 is 10.1 Å². The van der Waals surface area contributed by atoms with Gasteiger partial charge in [-0.25, -0.2) is 0 Å². The molecular weight excluding hydrogens is 298 g/mol. The van der Waals surface area contributed by atoms with Crippen molar-refractivity contribution in [3.05, 3.63) is 51.2 Å². The van der Waals surface area contributed by atoms with Crippen LogP contribution in [0.1, 0.15) is 20.0 Å². The number of rotatable bonds is 2. The number of hydrogen-bond acceptors (Lipinski definition) is 4. The standard InChI is InChI=1S/C14H10ClNO3S/c15-12-6-5-11(20-12)14(18)16-9-7-19-10-4-2-1-3-8(10)13(9)17/h1-6,9H,7H2,(H,16,18). The molecule has 2 heterocycles. The fourth-order valence-corrected chi connectivity index (χ4v) is 2.95. The number of fused-ring (bicyclic) bond motifs is 1. The van der Waals surface area contributed by atoms with Gasteiger partial charge in [-0.05, 0) is 24.3 Å². The Balaban J connectivity index is 1.77. The van der Waals surface area contributed by atoms with E-state index in [2.05, 4.69) is 5.32 Å². The van der Waals surface area contributed by atoms with Crippen LogP contribution in [0.3, 0.4) is 0 Å². The Morgan fingerprint density at radius 1 is 1.30 bits per heavy atom. The Morgan fingerprint density at radius 3 is 2.85 bits per heavy atom. The predicted molar refractivity (Wildman–Crippen MR) is 76.9 cm³/mol. The van der Waals surface area contributed by atoms with Gasteiger partial charge in [0.15, 0.2) is 5.78 Å².